The normalized spacial score (nSPS) is 19.6. The fraction of sp³-hybridized carbons (Fsp3) is 0.583. The van der Waals surface area contributed by atoms with E-state index in [9.17, 15) is 14.4 Å². The molecule has 20 heavy (non-hydrogen) atoms. The first-order valence-electron chi connectivity index (χ1n) is 6.43. The van der Waals surface area contributed by atoms with Crippen LogP contribution in [0.25, 0.3) is 0 Å². The number of imide groups is 1. The summed E-state index contributed by atoms with van der Waals surface area (Å²) in [4.78, 5) is 40.3. The van der Waals surface area contributed by atoms with Crippen molar-refractivity contribution in [2.45, 2.75) is 38.6 Å². The van der Waals surface area contributed by atoms with Gasteiger partial charge in [0.05, 0.1) is 0 Å². The van der Waals surface area contributed by atoms with Gasteiger partial charge in [-0.2, -0.15) is 0 Å². The number of rotatable bonds is 3. The van der Waals surface area contributed by atoms with Gasteiger partial charge >= 0.3 is 0 Å². The molecule has 3 amide bonds. The van der Waals surface area contributed by atoms with Crippen LogP contribution >= 0.6 is 0 Å². The van der Waals surface area contributed by atoms with Gasteiger partial charge < -0.3 is 5.32 Å². The number of hydrogen-bond acceptors (Lipinski definition) is 5. The summed E-state index contributed by atoms with van der Waals surface area (Å²) in [7, 11) is 1.41. The minimum absolute atomic E-state index is 0.000975. The van der Waals surface area contributed by atoms with E-state index in [0.29, 0.717) is 12.2 Å². The number of amides is 3. The number of likely N-dealkylation sites (N-methyl/N-ethyl adjacent to an activating group) is 1. The van der Waals surface area contributed by atoms with Crippen molar-refractivity contribution in [3.63, 3.8) is 0 Å². The van der Waals surface area contributed by atoms with Gasteiger partial charge in [0.2, 0.25) is 11.7 Å². The number of aromatic amines is 1. The molecule has 1 aliphatic rings. The molecule has 8 nitrogen and oxygen atoms in total. The Morgan fingerprint density at radius 1 is 1.45 bits per heavy atom. The fourth-order valence-corrected chi connectivity index (χ4v) is 1.91. The minimum Gasteiger partial charge on any atom is -0.337 e. The van der Waals surface area contributed by atoms with Crippen molar-refractivity contribution in [2.24, 2.45) is 0 Å². The lowest BCUT2D eigenvalue weighted by molar-refractivity contribution is -0.147. The summed E-state index contributed by atoms with van der Waals surface area (Å²) in [6.45, 7) is 3.85. The first kappa shape index (κ1) is 14.2. The van der Waals surface area contributed by atoms with Gasteiger partial charge in [-0.15, -0.1) is 5.10 Å². The number of piperidine rings is 1. The number of nitrogens with one attached hydrogen (secondary N) is 2. The van der Waals surface area contributed by atoms with E-state index in [1.807, 2.05) is 13.8 Å². The highest BCUT2D eigenvalue weighted by atomic mass is 16.2. The Morgan fingerprint density at radius 3 is 2.75 bits per heavy atom. The van der Waals surface area contributed by atoms with Crippen LogP contribution in [-0.2, 0) is 9.59 Å². The van der Waals surface area contributed by atoms with Gasteiger partial charge in [0.15, 0.2) is 0 Å². The molecule has 2 heterocycles. The molecular weight excluding hydrogens is 262 g/mol. The topological polar surface area (TPSA) is 108 Å². The Bertz CT molecular complexity index is 551. The molecule has 1 atom stereocenters. The predicted octanol–water partition coefficient (Wildman–Crippen LogP) is -0.195. The lowest BCUT2D eigenvalue weighted by atomic mass is 10.0. The van der Waals surface area contributed by atoms with Crippen LogP contribution in [-0.4, -0.2) is 50.9 Å². The lowest BCUT2D eigenvalue weighted by Gasteiger charge is -2.27. The molecule has 0 saturated carbocycles. The zero-order chi connectivity index (χ0) is 14.9. The van der Waals surface area contributed by atoms with Crippen molar-refractivity contribution >= 4 is 17.7 Å². The van der Waals surface area contributed by atoms with E-state index in [2.05, 4.69) is 20.5 Å². The van der Waals surface area contributed by atoms with Crippen molar-refractivity contribution in [2.75, 3.05) is 7.05 Å². The number of H-pyrrole nitrogens is 1. The second kappa shape index (κ2) is 5.40. The number of aromatic nitrogens is 3. The maximum Gasteiger partial charge on any atom is 0.291 e. The Hall–Kier alpha value is -2.25. The highest BCUT2D eigenvalue weighted by Crippen LogP contribution is 2.12. The van der Waals surface area contributed by atoms with E-state index in [0.717, 1.165) is 4.90 Å². The maximum absolute atomic E-state index is 12.0. The average molecular weight is 279 g/mol. The zero-order valence-corrected chi connectivity index (χ0v) is 11.6. The molecule has 0 spiro atoms. The average Bonchev–Trinajstić information content (AvgIpc) is 2.89. The summed E-state index contributed by atoms with van der Waals surface area (Å²) in [5.74, 6) is -0.424. The van der Waals surface area contributed by atoms with Gasteiger partial charge in [-0.25, -0.2) is 4.98 Å². The van der Waals surface area contributed by atoms with E-state index < -0.39 is 17.9 Å². The van der Waals surface area contributed by atoms with Crippen molar-refractivity contribution in [3.8, 4) is 0 Å². The van der Waals surface area contributed by atoms with E-state index in [-0.39, 0.29) is 24.1 Å². The Balaban J connectivity index is 2.04. The van der Waals surface area contributed by atoms with Crippen LogP contribution in [0.4, 0.5) is 0 Å². The molecule has 2 rings (SSSR count). The van der Waals surface area contributed by atoms with Gasteiger partial charge in [-0.1, -0.05) is 13.8 Å². The summed E-state index contributed by atoms with van der Waals surface area (Å²) >= 11 is 0. The SMILES string of the molecule is CC(C)c1nc(C(=O)NC2CCC(=O)N(C)C2=O)n[nH]1. The Kier molecular flexibility index (Phi) is 3.82. The third-order valence-electron chi connectivity index (χ3n) is 3.21. The van der Waals surface area contributed by atoms with E-state index in [1.165, 1.54) is 7.05 Å². The van der Waals surface area contributed by atoms with Crippen LogP contribution in [0.15, 0.2) is 0 Å². The van der Waals surface area contributed by atoms with E-state index in [1.54, 1.807) is 0 Å². The number of carbonyl (C=O) groups is 3. The smallest absolute Gasteiger partial charge is 0.291 e. The van der Waals surface area contributed by atoms with Gasteiger partial charge in [-0.3, -0.25) is 24.4 Å². The van der Waals surface area contributed by atoms with Crippen molar-refractivity contribution in [1.82, 2.24) is 25.4 Å². The Morgan fingerprint density at radius 2 is 2.15 bits per heavy atom. The molecule has 1 fully saturated rings. The molecule has 1 aromatic rings. The third kappa shape index (κ3) is 2.68. The summed E-state index contributed by atoms with van der Waals surface area (Å²) in [6.07, 6.45) is 0.535. The van der Waals surface area contributed by atoms with Crippen molar-refractivity contribution in [3.05, 3.63) is 11.6 Å². The minimum atomic E-state index is -0.703. The second-order valence-electron chi connectivity index (χ2n) is 5.05. The predicted molar refractivity (Wildman–Crippen MR) is 68.7 cm³/mol. The highest BCUT2D eigenvalue weighted by Gasteiger charge is 2.33. The fourth-order valence-electron chi connectivity index (χ4n) is 1.91. The molecule has 0 bridgehead atoms. The summed E-state index contributed by atoms with van der Waals surface area (Å²) < 4.78 is 0. The van der Waals surface area contributed by atoms with Crippen LogP contribution in [0.5, 0.6) is 0 Å². The maximum atomic E-state index is 12.0. The molecule has 1 unspecified atom stereocenters. The third-order valence-corrected chi connectivity index (χ3v) is 3.21. The molecule has 0 aliphatic carbocycles. The van der Waals surface area contributed by atoms with Gasteiger partial charge in [0.1, 0.15) is 11.9 Å². The summed E-state index contributed by atoms with van der Waals surface area (Å²) in [5.41, 5.74) is 0. The molecule has 1 aromatic heterocycles. The number of hydrogen-bond donors (Lipinski definition) is 2. The lowest BCUT2D eigenvalue weighted by Crippen LogP contribution is -2.53. The number of likely N-dealkylation sites (tertiary alicyclic amines) is 1. The van der Waals surface area contributed by atoms with Crippen LogP contribution in [0, 0.1) is 0 Å². The standard InChI is InChI=1S/C12H17N5O3/c1-6(2)9-14-10(16-15-9)11(19)13-7-4-5-8(18)17(3)12(7)20/h6-7H,4-5H2,1-3H3,(H,13,19)(H,14,15,16). The van der Waals surface area contributed by atoms with Crippen LogP contribution in [0.1, 0.15) is 49.1 Å². The van der Waals surface area contributed by atoms with Crippen molar-refractivity contribution in [1.29, 1.82) is 0 Å². The van der Waals surface area contributed by atoms with Crippen LogP contribution in [0.2, 0.25) is 0 Å². The van der Waals surface area contributed by atoms with E-state index >= 15 is 0 Å². The van der Waals surface area contributed by atoms with Gasteiger partial charge in [0.25, 0.3) is 11.8 Å². The summed E-state index contributed by atoms with van der Waals surface area (Å²) in [6, 6.07) is -0.703. The molecule has 8 heteroatoms. The molecule has 2 N–H and O–H groups in total. The van der Waals surface area contributed by atoms with Gasteiger partial charge in [0, 0.05) is 19.4 Å². The quantitative estimate of drug-likeness (QED) is 0.745. The van der Waals surface area contributed by atoms with Gasteiger partial charge in [-0.05, 0) is 6.42 Å². The zero-order valence-electron chi connectivity index (χ0n) is 11.6. The monoisotopic (exact) mass is 279 g/mol. The molecule has 0 radical (unpaired) electrons. The molecular formula is C12H17N5O3. The highest BCUT2D eigenvalue weighted by molar-refractivity contribution is 6.02. The van der Waals surface area contributed by atoms with Crippen LogP contribution in [0.3, 0.4) is 0 Å². The van der Waals surface area contributed by atoms with E-state index in [4.69, 9.17) is 0 Å². The first-order chi connectivity index (χ1) is 9.40. The largest absolute Gasteiger partial charge is 0.337 e. The first-order valence-corrected chi connectivity index (χ1v) is 6.43. The number of nitrogens with zero attached hydrogens (tertiary/aromatic N) is 3. The number of carbonyl (C=O) groups excluding carboxylic acids is 3. The Labute approximate surface area is 115 Å². The van der Waals surface area contributed by atoms with Crippen LogP contribution < -0.4 is 5.32 Å². The molecule has 1 aliphatic heterocycles. The molecule has 1 saturated heterocycles. The summed E-state index contributed by atoms with van der Waals surface area (Å²) in [5, 5.41) is 9.06. The molecule has 108 valence electrons. The molecule has 0 aromatic carbocycles. The van der Waals surface area contributed by atoms with Crippen molar-refractivity contribution < 1.29 is 14.4 Å². The second-order valence-corrected chi connectivity index (χ2v) is 5.05.